The summed E-state index contributed by atoms with van der Waals surface area (Å²) in [6.45, 7) is 2.09. The van der Waals surface area contributed by atoms with Crippen LogP contribution in [0.3, 0.4) is 0 Å². The van der Waals surface area contributed by atoms with E-state index in [1.165, 1.54) is 12.4 Å². The number of hydrogen-bond donors (Lipinski definition) is 1. The van der Waals surface area contributed by atoms with Crippen molar-refractivity contribution in [3.8, 4) is 0 Å². The number of ether oxygens (including phenoxy) is 1. The van der Waals surface area contributed by atoms with Crippen molar-refractivity contribution >= 4 is 5.91 Å². The maximum Gasteiger partial charge on any atom is 0.319 e. The van der Waals surface area contributed by atoms with E-state index >= 15 is 0 Å². The molecule has 3 rings (SSSR count). The predicted octanol–water partition coefficient (Wildman–Crippen LogP) is -0.0892. The number of hydrogen-bond acceptors (Lipinski definition) is 5. The van der Waals surface area contributed by atoms with Crippen LogP contribution in [-0.4, -0.2) is 77.2 Å². The van der Waals surface area contributed by atoms with Gasteiger partial charge in [0, 0.05) is 51.7 Å². The number of amides is 1. The molecule has 128 valence electrons. The molecule has 9 heteroatoms. The number of imidazole rings is 1. The molecule has 3 heterocycles. The van der Waals surface area contributed by atoms with Crippen molar-refractivity contribution < 1.29 is 18.3 Å². The lowest BCUT2D eigenvalue weighted by atomic mass is 10.2. The minimum Gasteiger partial charge on any atom is -0.366 e. The summed E-state index contributed by atoms with van der Waals surface area (Å²) in [6.07, 6.45) is 2.26. The van der Waals surface area contributed by atoms with Crippen LogP contribution in [0.2, 0.25) is 0 Å². The van der Waals surface area contributed by atoms with Gasteiger partial charge in [-0.15, -0.1) is 0 Å². The fraction of sp³-hybridized carbons (Fsp3) is 0.714. The maximum absolute atomic E-state index is 12.8. The minimum atomic E-state index is -2.58. The minimum absolute atomic E-state index is 0.00549. The molecule has 0 spiro atoms. The molecule has 1 amide bonds. The summed E-state index contributed by atoms with van der Waals surface area (Å²) in [5.74, 6) is 0.352. The second kappa shape index (κ2) is 7.33. The lowest BCUT2D eigenvalue weighted by Gasteiger charge is -2.36. The van der Waals surface area contributed by atoms with Gasteiger partial charge in [0.2, 0.25) is 0 Å². The molecule has 1 unspecified atom stereocenters. The summed E-state index contributed by atoms with van der Waals surface area (Å²) >= 11 is 0. The van der Waals surface area contributed by atoms with E-state index < -0.39 is 12.7 Å². The van der Waals surface area contributed by atoms with Crippen LogP contribution in [-0.2, 0) is 16.1 Å². The Balaban J connectivity index is 1.50. The third kappa shape index (κ3) is 3.85. The van der Waals surface area contributed by atoms with Crippen LogP contribution >= 0.6 is 0 Å². The average molecular weight is 329 g/mol. The van der Waals surface area contributed by atoms with Crippen molar-refractivity contribution in [2.45, 2.75) is 19.2 Å². The van der Waals surface area contributed by atoms with Crippen molar-refractivity contribution in [3.63, 3.8) is 0 Å². The normalized spacial score (nSPS) is 23.4. The zero-order valence-corrected chi connectivity index (χ0v) is 12.8. The van der Waals surface area contributed by atoms with Crippen LogP contribution in [0.25, 0.3) is 0 Å². The highest BCUT2D eigenvalue weighted by Gasteiger charge is 2.29. The molecule has 1 aromatic heterocycles. The monoisotopic (exact) mass is 329 g/mol. The van der Waals surface area contributed by atoms with Gasteiger partial charge in [0.1, 0.15) is 11.9 Å². The van der Waals surface area contributed by atoms with Crippen molar-refractivity contribution in [1.29, 1.82) is 0 Å². The molecule has 2 fully saturated rings. The van der Waals surface area contributed by atoms with Gasteiger partial charge in [0.15, 0.2) is 0 Å². The zero-order valence-electron chi connectivity index (χ0n) is 12.8. The van der Waals surface area contributed by atoms with Gasteiger partial charge in [0.05, 0.1) is 13.2 Å². The van der Waals surface area contributed by atoms with Crippen LogP contribution < -0.4 is 5.32 Å². The van der Waals surface area contributed by atoms with E-state index in [0.717, 1.165) is 11.1 Å². The number of rotatable bonds is 4. The van der Waals surface area contributed by atoms with E-state index in [-0.39, 0.29) is 5.91 Å². The summed E-state index contributed by atoms with van der Waals surface area (Å²) in [4.78, 5) is 20.2. The first-order valence-electron chi connectivity index (χ1n) is 7.78. The van der Waals surface area contributed by atoms with E-state index in [2.05, 4.69) is 10.3 Å². The fourth-order valence-corrected chi connectivity index (χ4v) is 2.90. The van der Waals surface area contributed by atoms with Crippen LogP contribution in [0.15, 0.2) is 12.4 Å². The molecule has 0 aliphatic carbocycles. The lowest BCUT2D eigenvalue weighted by Crippen LogP contribution is -2.55. The number of nitrogens with one attached hydrogen (secondary N) is 1. The highest BCUT2D eigenvalue weighted by molar-refractivity contribution is 5.81. The highest BCUT2D eigenvalue weighted by Crippen LogP contribution is 2.15. The van der Waals surface area contributed by atoms with E-state index in [9.17, 15) is 13.6 Å². The van der Waals surface area contributed by atoms with Crippen molar-refractivity contribution in [3.05, 3.63) is 18.2 Å². The van der Waals surface area contributed by atoms with Crippen molar-refractivity contribution in [2.24, 2.45) is 0 Å². The summed E-state index contributed by atoms with van der Waals surface area (Å²) in [6, 6.07) is 0. The number of aromatic nitrogens is 2. The fourth-order valence-electron chi connectivity index (χ4n) is 2.90. The molecule has 7 nitrogen and oxygen atoms in total. The average Bonchev–Trinajstić information content (AvgIpc) is 3.04. The molecule has 23 heavy (non-hydrogen) atoms. The molecular formula is C14H21F2N5O2. The van der Waals surface area contributed by atoms with E-state index in [4.69, 9.17) is 4.74 Å². The molecule has 0 bridgehead atoms. The highest BCUT2D eigenvalue weighted by atomic mass is 19.3. The van der Waals surface area contributed by atoms with Gasteiger partial charge in [-0.2, -0.15) is 8.78 Å². The predicted molar refractivity (Wildman–Crippen MR) is 77.9 cm³/mol. The Bertz CT molecular complexity index is 525. The molecule has 2 aliphatic heterocycles. The third-order valence-electron chi connectivity index (χ3n) is 4.21. The summed E-state index contributed by atoms with van der Waals surface area (Å²) in [7, 11) is 0. The maximum atomic E-state index is 12.8. The van der Waals surface area contributed by atoms with Crippen molar-refractivity contribution in [2.75, 3.05) is 45.9 Å². The third-order valence-corrected chi connectivity index (χ3v) is 4.21. The molecule has 1 atom stereocenters. The second-order valence-corrected chi connectivity index (χ2v) is 5.69. The van der Waals surface area contributed by atoms with Crippen LogP contribution in [0, 0.1) is 0 Å². The Labute approximate surface area is 133 Å². The first kappa shape index (κ1) is 16.3. The molecule has 2 aliphatic rings. The molecule has 2 saturated heterocycles. The Morgan fingerprint density at radius 1 is 1.39 bits per heavy atom. The smallest absolute Gasteiger partial charge is 0.319 e. The lowest BCUT2D eigenvalue weighted by molar-refractivity contribution is -0.147. The van der Waals surface area contributed by atoms with Gasteiger partial charge >= 0.3 is 6.55 Å². The van der Waals surface area contributed by atoms with Gasteiger partial charge in [-0.3, -0.25) is 14.3 Å². The number of nitrogens with zero attached hydrogens (tertiary/aromatic N) is 4. The number of carbonyl (C=O) groups is 1. The molecule has 1 aromatic rings. The van der Waals surface area contributed by atoms with Gasteiger partial charge in [-0.05, 0) is 0 Å². The largest absolute Gasteiger partial charge is 0.366 e. The standard InChI is InChI=1S/C14H21F2N5O2/c15-14(16)21-3-1-18-12(21)10-19-4-6-20(7-5-19)13(22)11-9-17-2-8-23-11/h1,3,11,14,17H,2,4-10H2. The van der Waals surface area contributed by atoms with Crippen LogP contribution in [0.1, 0.15) is 12.4 Å². The molecule has 0 radical (unpaired) electrons. The molecule has 0 aromatic carbocycles. The SMILES string of the molecule is O=C(C1CNCCO1)N1CCN(Cc2nccn2C(F)F)CC1. The van der Waals surface area contributed by atoms with Crippen molar-refractivity contribution in [1.82, 2.24) is 24.7 Å². The Kier molecular flexibility index (Phi) is 5.19. The topological polar surface area (TPSA) is 62.6 Å². The summed E-state index contributed by atoms with van der Waals surface area (Å²) in [5, 5.41) is 3.15. The Morgan fingerprint density at radius 3 is 2.83 bits per heavy atom. The number of piperazine rings is 1. The number of alkyl halides is 2. The first-order valence-corrected chi connectivity index (χ1v) is 7.78. The van der Waals surface area contributed by atoms with E-state index in [0.29, 0.717) is 51.7 Å². The number of carbonyl (C=O) groups excluding carboxylic acids is 1. The van der Waals surface area contributed by atoms with E-state index in [1.807, 2.05) is 4.90 Å². The Hall–Kier alpha value is -1.58. The zero-order chi connectivity index (χ0) is 16.2. The van der Waals surface area contributed by atoms with E-state index in [1.54, 1.807) is 4.90 Å². The van der Waals surface area contributed by atoms with Gasteiger partial charge < -0.3 is 15.0 Å². The van der Waals surface area contributed by atoms with Crippen LogP contribution in [0.4, 0.5) is 8.78 Å². The Morgan fingerprint density at radius 2 is 2.17 bits per heavy atom. The van der Waals surface area contributed by atoms with Gasteiger partial charge in [0.25, 0.3) is 5.91 Å². The van der Waals surface area contributed by atoms with Gasteiger partial charge in [-0.1, -0.05) is 0 Å². The quantitative estimate of drug-likeness (QED) is 0.837. The molecular weight excluding hydrogens is 308 g/mol. The van der Waals surface area contributed by atoms with Crippen LogP contribution in [0.5, 0.6) is 0 Å². The number of halogens is 2. The second-order valence-electron chi connectivity index (χ2n) is 5.69. The van der Waals surface area contributed by atoms with Gasteiger partial charge in [-0.25, -0.2) is 4.98 Å². The first-order chi connectivity index (χ1) is 11.1. The number of morpholine rings is 1. The summed E-state index contributed by atoms with van der Waals surface area (Å²) in [5.41, 5.74) is 0. The molecule has 1 N–H and O–H groups in total. The summed E-state index contributed by atoms with van der Waals surface area (Å²) < 4.78 is 32.0. The molecule has 0 saturated carbocycles.